The second-order valence-electron chi connectivity index (χ2n) is 5.08. The van der Waals surface area contributed by atoms with Gasteiger partial charge < -0.3 is 15.2 Å². The quantitative estimate of drug-likeness (QED) is 0.857. The van der Waals surface area contributed by atoms with Crippen molar-refractivity contribution in [2.45, 2.75) is 25.9 Å². The zero-order chi connectivity index (χ0) is 15.2. The topological polar surface area (TPSA) is 41.5 Å². The van der Waals surface area contributed by atoms with Gasteiger partial charge in [-0.05, 0) is 42.7 Å². The van der Waals surface area contributed by atoms with Crippen molar-refractivity contribution in [3.63, 3.8) is 0 Å². The van der Waals surface area contributed by atoms with E-state index >= 15 is 0 Å². The maximum Gasteiger partial charge on any atom is 0.165 e. The molecule has 0 aliphatic heterocycles. The van der Waals surface area contributed by atoms with Gasteiger partial charge in [-0.3, -0.25) is 0 Å². The number of hydrogen-bond acceptors (Lipinski definition) is 3. The van der Waals surface area contributed by atoms with Crippen molar-refractivity contribution < 1.29 is 14.2 Å². The number of aromatic hydroxyl groups is 1. The second kappa shape index (κ2) is 7.09. The predicted octanol–water partition coefficient (Wildman–Crippen LogP) is 3.26. The molecular weight excluding hydrogens is 269 g/mol. The van der Waals surface area contributed by atoms with Crippen LogP contribution in [-0.4, -0.2) is 18.3 Å². The summed E-state index contributed by atoms with van der Waals surface area (Å²) >= 11 is 0. The number of para-hydroxylation sites is 1. The first-order valence-corrected chi connectivity index (χ1v) is 6.93. The Kier molecular flexibility index (Phi) is 5.17. The van der Waals surface area contributed by atoms with Gasteiger partial charge in [0.15, 0.2) is 11.6 Å². The minimum atomic E-state index is -0.591. The highest BCUT2D eigenvalue weighted by molar-refractivity contribution is 5.34. The molecule has 0 aliphatic carbocycles. The number of hydrogen-bond donors (Lipinski definition) is 2. The van der Waals surface area contributed by atoms with E-state index in [-0.39, 0.29) is 11.8 Å². The molecular formula is C17H20FNO2. The van der Waals surface area contributed by atoms with E-state index in [4.69, 9.17) is 9.84 Å². The van der Waals surface area contributed by atoms with Crippen molar-refractivity contribution in [3.05, 3.63) is 59.4 Å². The highest BCUT2D eigenvalue weighted by Gasteiger charge is 2.08. The molecule has 2 aromatic rings. The van der Waals surface area contributed by atoms with Gasteiger partial charge in [0.25, 0.3) is 0 Å². The Labute approximate surface area is 124 Å². The van der Waals surface area contributed by atoms with E-state index in [1.807, 2.05) is 24.3 Å². The summed E-state index contributed by atoms with van der Waals surface area (Å²) in [6.45, 7) is 2.62. The number of ether oxygens (including phenoxy) is 1. The summed E-state index contributed by atoms with van der Waals surface area (Å²) in [6.07, 6.45) is 0.824. The first kappa shape index (κ1) is 15.3. The average molecular weight is 289 g/mol. The van der Waals surface area contributed by atoms with Gasteiger partial charge in [-0.25, -0.2) is 4.39 Å². The first-order chi connectivity index (χ1) is 10.1. The third-order valence-corrected chi connectivity index (χ3v) is 3.39. The van der Waals surface area contributed by atoms with E-state index in [0.29, 0.717) is 6.54 Å². The van der Waals surface area contributed by atoms with Gasteiger partial charge in [0.2, 0.25) is 0 Å². The molecule has 0 radical (unpaired) electrons. The molecule has 1 atom stereocenters. The van der Waals surface area contributed by atoms with Gasteiger partial charge in [0.05, 0.1) is 7.11 Å². The fourth-order valence-corrected chi connectivity index (χ4v) is 2.23. The van der Waals surface area contributed by atoms with Gasteiger partial charge in [0, 0.05) is 12.6 Å². The number of rotatable bonds is 6. The molecule has 0 aliphatic rings. The SMILES string of the molecule is COc1ccccc1CC(C)NCc1ccc(O)c(F)c1. The van der Waals surface area contributed by atoms with Gasteiger partial charge in [-0.15, -0.1) is 0 Å². The monoisotopic (exact) mass is 289 g/mol. The molecule has 4 heteroatoms. The molecule has 3 nitrogen and oxygen atoms in total. The molecule has 1 unspecified atom stereocenters. The van der Waals surface area contributed by atoms with Crippen LogP contribution in [0.25, 0.3) is 0 Å². The van der Waals surface area contributed by atoms with Gasteiger partial charge in [0.1, 0.15) is 5.75 Å². The van der Waals surface area contributed by atoms with Gasteiger partial charge in [-0.2, -0.15) is 0 Å². The number of benzene rings is 2. The molecule has 0 fully saturated rings. The summed E-state index contributed by atoms with van der Waals surface area (Å²) < 4.78 is 18.6. The van der Waals surface area contributed by atoms with E-state index in [1.54, 1.807) is 13.2 Å². The summed E-state index contributed by atoms with van der Waals surface area (Å²) in [5, 5.41) is 12.5. The van der Waals surface area contributed by atoms with Gasteiger partial charge in [-0.1, -0.05) is 24.3 Å². The number of methoxy groups -OCH3 is 1. The zero-order valence-electron chi connectivity index (χ0n) is 12.3. The lowest BCUT2D eigenvalue weighted by Crippen LogP contribution is -2.27. The van der Waals surface area contributed by atoms with Crippen LogP contribution in [0.15, 0.2) is 42.5 Å². The van der Waals surface area contributed by atoms with Crippen molar-refractivity contribution in [2.75, 3.05) is 7.11 Å². The zero-order valence-corrected chi connectivity index (χ0v) is 12.3. The van der Waals surface area contributed by atoms with Crippen molar-refractivity contribution in [2.24, 2.45) is 0 Å². The van der Waals surface area contributed by atoms with E-state index in [0.717, 1.165) is 23.3 Å². The molecule has 0 spiro atoms. The molecule has 21 heavy (non-hydrogen) atoms. The Bertz CT molecular complexity index is 601. The Morgan fingerprint density at radius 2 is 2.00 bits per heavy atom. The minimum absolute atomic E-state index is 0.221. The van der Waals surface area contributed by atoms with Crippen LogP contribution >= 0.6 is 0 Å². The summed E-state index contributed by atoms with van der Waals surface area (Å²) in [5.41, 5.74) is 1.94. The summed E-state index contributed by atoms with van der Waals surface area (Å²) in [4.78, 5) is 0. The van der Waals surface area contributed by atoms with Crippen LogP contribution in [0, 0.1) is 5.82 Å². The van der Waals surface area contributed by atoms with Crippen LogP contribution in [0.4, 0.5) is 4.39 Å². The van der Waals surface area contributed by atoms with Crippen molar-refractivity contribution in [1.29, 1.82) is 0 Å². The smallest absolute Gasteiger partial charge is 0.165 e. The van der Waals surface area contributed by atoms with Crippen LogP contribution in [-0.2, 0) is 13.0 Å². The average Bonchev–Trinajstić information content (AvgIpc) is 2.49. The Balaban J connectivity index is 1.92. The van der Waals surface area contributed by atoms with Crippen LogP contribution in [0.2, 0.25) is 0 Å². The Morgan fingerprint density at radius 3 is 2.71 bits per heavy atom. The minimum Gasteiger partial charge on any atom is -0.505 e. The van der Waals surface area contributed by atoms with E-state index in [9.17, 15) is 4.39 Å². The number of phenolic OH excluding ortho intramolecular Hbond substituents is 1. The summed E-state index contributed by atoms with van der Waals surface area (Å²) in [6, 6.07) is 12.6. The molecule has 0 aromatic heterocycles. The molecule has 2 N–H and O–H groups in total. The molecule has 0 saturated carbocycles. The third kappa shape index (κ3) is 4.20. The number of nitrogens with one attached hydrogen (secondary N) is 1. The maximum absolute atomic E-state index is 13.3. The van der Waals surface area contributed by atoms with E-state index < -0.39 is 5.82 Å². The molecule has 2 aromatic carbocycles. The largest absolute Gasteiger partial charge is 0.505 e. The molecule has 0 heterocycles. The van der Waals surface area contributed by atoms with Crippen LogP contribution in [0.1, 0.15) is 18.1 Å². The first-order valence-electron chi connectivity index (χ1n) is 6.93. The van der Waals surface area contributed by atoms with E-state index in [2.05, 4.69) is 12.2 Å². The molecule has 0 saturated heterocycles. The highest BCUT2D eigenvalue weighted by Crippen LogP contribution is 2.19. The predicted molar refractivity (Wildman–Crippen MR) is 81.1 cm³/mol. The lowest BCUT2D eigenvalue weighted by atomic mass is 10.1. The molecule has 112 valence electrons. The highest BCUT2D eigenvalue weighted by atomic mass is 19.1. The van der Waals surface area contributed by atoms with Crippen LogP contribution in [0.5, 0.6) is 11.5 Å². The molecule has 0 bridgehead atoms. The van der Waals surface area contributed by atoms with Crippen LogP contribution in [0.3, 0.4) is 0 Å². The number of halogens is 1. The summed E-state index contributed by atoms with van der Waals surface area (Å²) in [7, 11) is 1.66. The van der Waals surface area contributed by atoms with Crippen molar-refractivity contribution >= 4 is 0 Å². The van der Waals surface area contributed by atoms with E-state index in [1.165, 1.54) is 12.1 Å². The fraction of sp³-hybridized carbons (Fsp3) is 0.294. The van der Waals surface area contributed by atoms with Crippen molar-refractivity contribution in [1.82, 2.24) is 5.32 Å². The standard InChI is InChI=1S/C17H20FNO2/c1-12(9-14-5-3-4-6-17(14)21-2)19-11-13-7-8-16(20)15(18)10-13/h3-8,10,12,19-20H,9,11H2,1-2H3. The summed E-state index contributed by atoms with van der Waals surface area (Å²) in [5.74, 6) is -0.0330. The van der Waals surface area contributed by atoms with Crippen molar-refractivity contribution in [3.8, 4) is 11.5 Å². The van der Waals surface area contributed by atoms with Gasteiger partial charge >= 0.3 is 0 Å². The lowest BCUT2D eigenvalue weighted by molar-refractivity contribution is 0.406. The third-order valence-electron chi connectivity index (χ3n) is 3.39. The van der Waals surface area contributed by atoms with Crippen LogP contribution < -0.4 is 10.1 Å². The fourth-order valence-electron chi connectivity index (χ4n) is 2.23. The molecule has 0 amide bonds. The normalized spacial score (nSPS) is 12.1. The Hall–Kier alpha value is -2.07. The Morgan fingerprint density at radius 1 is 1.24 bits per heavy atom. The second-order valence-corrected chi connectivity index (χ2v) is 5.08. The number of phenols is 1. The maximum atomic E-state index is 13.3. The lowest BCUT2D eigenvalue weighted by Gasteiger charge is -2.16. The molecule has 2 rings (SSSR count).